The third kappa shape index (κ3) is 2.71. The number of aromatic amines is 1. The van der Waals surface area contributed by atoms with E-state index >= 15 is 0 Å². The van der Waals surface area contributed by atoms with Gasteiger partial charge in [0, 0.05) is 30.0 Å². The number of halogens is 1. The Morgan fingerprint density at radius 3 is 2.33 bits per heavy atom. The van der Waals surface area contributed by atoms with Crippen molar-refractivity contribution in [2.24, 2.45) is 0 Å². The number of nitrogens with two attached hydrogens (primary N) is 1. The van der Waals surface area contributed by atoms with E-state index in [1.807, 2.05) is 51.1 Å². The molecule has 0 saturated carbocycles. The first-order valence-electron chi connectivity index (χ1n) is 7.94. The van der Waals surface area contributed by atoms with E-state index in [2.05, 4.69) is 18.0 Å². The lowest BCUT2D eigenvalue weighted by atomic mass is 9.94. The minimum absolute atomic E-state index is 0.625. The van der Waals surface area contributed by atoms with Crippen LogP contribution in [0.5, 0.6) is 0 Å². The maximum absolute atomic E-state index is 13.6. The van der Waals surface area contributed by atoms with Crippen LogP contribution in [0.25, 0.3) is 5.57 Å². The molecule has 121 valence electrons. The number of rotatable bonds is 3. The number of allylic oxidation sites excluding steroid dienone is 2. The van der Waals surface area contributed by atoms with Crippen LogP contribution in [-0.4, -0.2) is 22.9 Å². The fraction of sp³-hybridized carbons (Fsp3) is 0.211. The normalized spacial score (nSPS) is 16.5. The molecule has 0 bridgehead atoms. The Labute approximate surface area is 142 Å². The molecule has 0 atom stereocenters. The zero-order chi connectivity index (χ0) is 17.4. The van der Waals surface area contributed by atoms with Gasteiger partial charge >= 0.3 is 7.69 Å². The molecule has 1 aromatic heterocycles. The van der Waals surface area contributed by atoms with Crippen LogP contribution in [0.3, 0.4) is 0 Å². The van der Waals surface area contributed by atoms with Gasteiger partial charge in [0.15, 0.2) is 11.4 Å². The number of nitrogens with one attached hydrogen (secondary N) is 1. The Morgan fingerprint density at radius 1 is 1.12 bits per heavy atom. The molecule has 3 rings (SSSR count). The van der Waals surface area contributed by atoms with Gasteiger partial charge in [0.1, 0.15) is 0 Å². The molecule has 0 aliphatic carbocycles. The molecule has 1 aromatic carbocycles. The van der Waals surface area contributed by atoms with Crippen LogP contribution in [0.4, 0.5) is 10.0 Å². The number of benzene rings is 1. The Hall–Kier alpha value is -2.56. The maximum Gasteiger partial charge on any atom is 0.792 e. The molecule has 0 unspecified atom stereocenters. The first-order chi connectivity index (χ1) is 11.4. The number of nitrogen functional groups attached to an aromatic ring is 1. The van der Waals surface area contributed by atoms with Crippen molar-refractivity contribution >= 4 is 24.7 Å². The lowest BCUT2D eigenvalue weighted by Crippen LogP contribution is -2.17. The smallest absolute Gasteiger partial charge is 0.399 e. The summed E-state index contributed by atoms with van der Waals surface area (Å²) >= 11 is 0. The zero-order valence-corrected chi connectivity index (χ0v) is 14.4. The molecule has 1 radical (unpaired) electrons. The van der Waals surface area contributed by atoms with E-state index in [-0.39, 0.29) is 0 Å². The summed E-state index contributed by atoms with van der Waals surface area (Å²) in [6.07, 6.45) is 1.99. The van der Waals surface area contributed by atoms with Crippen LogP contribution >= 0.6 is 0 Å². The average molecular weight is 321 g/mol. The van der Waals surface area contributed by atoms with Crippen molar-refractivity contribution in [1.29, 1.82) is 0 Å². The summed E-state index contributed by atoms with van der Waals surface area (Å²) in [5, 5.41) is 0. The van der Waals surface area contributed by atoms with E-state index in [0.29, 0.717) is 13.4 Å². The molecule has 2 heterocycles. The van der Waals surface area contributed by atoms with E-state index in [9.17, 15) is 4.32 Å². The Morgan fingerprint density at radius 2 is 1.79 bits per heavy atom. The summed E-state index contributed by atoms with van der Waals surface area (Å²) in [4.78, 5) is 3.43. The number of nitrogens with zero attached hydrogens (tertiary/aromatic N) is 1. The van der Waals surface area contributed by atoms with Crippen LogP contribution in [0.15, 0.2) is 47.7 Å². The summed E-state index contributed by atoms with van der Waals surface area (Å²) in [5.74, 6) is 0. The highest BCUT2D eigenvalue weighted by Crippen LogP contribution is 2.34. The fourth-order valence-electron chi connectivity index (χ4n) is 3.30. The van der Waals surface area contributed by atoms with E-state index in [1.54, 1.807) is 4.49 Å². The van der Waals surface area contributed by atoms with Gasteiger partial charge in [-0.05, 0) is 50.1 Å². The number of aryl methyl sites for hydroxylation is 2. The second-order valence-electron chi connectivity index (χ2n) is 6.29. The molecule has 3 N–H and O–H groups in total. The molecule has 1 aliphatic rings. The average Bonchev–Trinajstić information content (AvgIpc) is 3.00. The van der Waals surface area contributed by atoms with Crippen molar-refractivity contribution in [3.8, 4) is 0 Å². The highest BCUT2D eigenvalue weighted by atomic mass is 19.1. The molecular formula is C19H21BFN3+. The molecule has 0 saturated heterocycles. The minimum Gasteiger partial charge on any atom is -0.399 e. The molecule has 0 amide bonds. The van der Waals surface area contributed by atoms with Crippen molar-refractivity contribution in [3.63, 3.8) is 0 Å². The Kier molecular flexibility index (Phi) is 4.18. The van der Waals surface area contributed by atoms with E-state index < -0.39 is 0 Å². The highest BCUT2D eigenvalue weighted by Gasteiger charge is 2.33. The molecule has 0 fully saturated rings. The van der Waals surface area contributed by atoms with Crippen molar-refractivity contribution in [3.05, 3.63) is 70.2 Å². The molecule has 3 nitrogen and oxygen atoms in total. The zero-order valence-electron chi connectivity index (χ0n) is 14.4. The van der Waals surface area contributed by atoms with E-state index in [0.717, 1.165) is 45.1 Å². The van der Waals surface area contributed by atoms with Gasteiger partial charge in [-0.25, -0.2) is 8.80 Å². The minimum atomic E-state index is 0.625. The van der Waals surface area contributed by atoms with Gasteiger partial charge in [-0.15, -0.1) is 0 Å². The second-order valence-corrected chi connectivity index (χ2v) is 6.29. The number of aromatic nitrogens is 1. The first-order valence-corrected chi connectivity index (χ1v) is 7.94. The van der Waals surface area contributed by atoms with Crippen molar-refractivity contribution in [2.75, 3.05) is 5.73 Å². The van der Waals surface area contributed by atoms with Gasteiger partial charge in [-0.1, -0.05) is 12.1 Å². The fourth-order valence-corrected chi connectivity index (χ4v) is 3.30. The maximum atomic E-state index is 13.6. The van der Waals surface area contributed by atoms with Crippen LogP contribution in [0.1, 0.15) is 36.4 Å². The van der Waals surface area contributed by atoms with Crippen LogP contribution in [0.2, 0.25) is 0 Å². The predicted octanol–water partition coefficient (Wildman–Crippen LogP) is 3.91. The molecule has 0 spiro atoms. The van der Waals surface area contributed by atoms with E-state index in [4.69, 9.17) is 5.73 Å². The molecule has 1 aliphatic heterocycles. The number of anilines is 1. The lowest BCUT2D eigenvalue weighted by molar-refractivity contribution is -0.320. The standard InChI is InChI=1S/C19H21BFN3/c1-11-9-13(3)23-18(11)17(15-5-7-16(22)8-6-15)19-12(2)10-14(4)24(19)20-21/h5-10,23H,22H2,1-4H3/q+1. The van der Waals surface area contributed by atoms with Gasteiger partial charge in [0.25, 0.3) is 0 Å². The number of hydrogen-bond donors (Lipinski definition) is 2. The van der Waals surface area contributed by atoms with Crippen LogP contribution in [-0.2, 0) is 0 Å². The molecular weight excluding hydrogens is 300 g/mol. The second kappa shape index (κ2) is 6.15. The summed E-state index contributed by atoms with van der Waals surface area (Å²) in [6, 6.07) is 9.79. The summed E-state index contributed by atoms with van der Waals surface area (Å²) in [5.41, 5.74) is 14.5. The lowest BCUT2D eigenvalue weighted by Gasteiger charge is -2.12. The Balaban J connectivity index is 2.35. The van der Waals surface area contributed by atoms with Crippen molar-refractivity contribution < 1.29 is 8.80 Å². The Bertz CT molecular complexity index is 886. The SMILES string of the molecule is CC1=CC(C)=[N+]([B]F)C1=C(c1ccc(N)cc1)c1[nH]c(C)cc1C. The highest BCUT2D eigenvalue weighted by molar-refractivity contribution is 6.20. The molecule has 5 heteroatoms. The number of H-pyrrole nitrogens is 1. The summed E-state index contributed by atoms with van der Waals surface area (Å²) < 4.78 is 15.2. The largest absolute Gasteiger partial charge is 0.792 e. The third-order valence-corrected chi connectivity index (χ3v) is 4.35. The quantitative estimate of drug-likeness (QED) is 0.653. The van der Waals surface area contributed by atoms with Gasteiger partial charge in [0.05, 0.1) is 11.3 Å². The molecule has 2 aromatic rings. The van der Waals surface area contributed by atoms with Gasteiger partial charge in [-0.2, -0.15) is 0 Å². The topological polar surface area (TPSA) is 44.8 Å². The van der Waals surface area contributed by atoms with Crippen LogP contribution < -0.4 is 5.73 Å². The number of hydrogen-bond acceptors (Lipinski definition) is 1. The van der Waals surface area contributed by atoms with Crippen molar-refractivity contribution in [2.45, 2.75) is 27.7 Å². The van der Waals surface area contributed by atoms with Gasteiger partial charge < -0.3 is 10.7 Å². The summed E-state index contributed by atoms with van der Waals surface area (Å²) in [7, 11) is 0.625. The predicted molar refractivity (Wildman–Crippen MR) is 98.7 cm³/mol. The monoisotopic (exact) mass is 321 g/mol. The first kappa shape index (κ1) is 16.3. The van der Waals surface area contributed by atoms with E-state index in [1.165, 1.54) is 0 Å². The third-order valence-electron chi connectivity index (χ3n) is 4.35. The van der Waals surface area contributed by atoms with Gasteiger partial charge in [0.2, 0.25) is 0 Å². The van der Waals surface area contributed by atoms with Crippen LogP contribution in [0, 0.1) is 13.8 Å². The van der Waals surface area contributed by atoms with Crippen molar-refractivity contribution in [1.82, 2.24) is 4.98 Å². The molecule has 24 heavy (non-hydrogen) atoms. The van der Waals surface area contributed by atoms with Gasteiger partial charge in [-0.3, -0.25) is 0 Å². The summed E-state index contributed by atoms with van der Waals surface area (Å²) in [6.45, 7) is 7.99.